The summed E-state index contributed by atoms with van der Waals surface area (Å²) in [5.41, 5.74) is 5.03. The molecular weight excluding hydrogens is 504 g/mol. The van der Waals surface area contributed by atoms with Gasteiger partial charge in [0.25, 0.3) is 0 Å². The van der Waals surface area contributed by atoms with E-state index in [9.17, 15) is 4.79 Å². The normalized spacial score (nSPS) is 25.0. The average molecular weight is 527 g/mol. The quantitative estimate of drug-likeness (QED) is 0.497. The van der Waals surface area contributed by atoms with Crippen LogP contribution in [-0.4, -0.2) is 35.3 Å². The highest BCUT2D eigenvalue weighted by molar-refractivity contribution is 9.10. The number of fused-ring (bicyclic) bond motifs is 2. The number of benzene rings is 1. The maximum absolute atomic E-state index is 12.3. The number of halogens is 3. The Kier molecular flexibility index (Phi) is 5.99. The molecule has 148 valence electrons. The van der Waals surface area contributed by atoms with Crippen molar-refractivity contribution >= 4 is 49.2 Å². The topological polar surface area (TPSA) is 33.2 Å². The number of aromatic nitrogens is 1. The number of rotatable bonds is 2. The molecule has 0 bridgehead atoms. The van der Waals surface area contributed by atoms with Gasteiger partial charge in [0.15, 0.2) is 0 Å². The summed E-state index contributed by atoms with van der Waals surface area (Å²) in [6.45, 7) is 2.64. The molecule has 1 fully saturated rings. The zero-order valence-electron chi connectivity index (χ0n) is 16.0. The molecule has 1 aromatic heterocycles. The fourth-order valence-corrected chi connectivity index (χ4v) is 6.42. The van der Waals surface area contributed by atoms with Crippen molar-refractivity contribution in [2.75, 3.05) is 13.6 Å². The molecule has 28 heavy (non-hydrogen) atoms. The molecule has 2 aliphatic rings. The Bertz CT molecular complexity index is 933. The molecule has 6 heteroatoms. The van der Waals surface area contributed by atoms with Crippen molar-refractivity contribution in [3.63, 3.8) is 0 Å². The third-order valence-electron chi connectivity index (χ3n) is 6.27. The van der Waals surface area contributed by atoms with Crippen LogP contribution in [-0.2, 0) is 17.6 Å². The van der Waals surface area contributed by atoms with Crippen LogP contribution in [0.4, 0.5) is 0 Å². The van der Waals surface area contributed by atoms with Crippen molar-refractivity contribution in [2.45, 2.75) is 44.6 Å². The molecule has 1 aromatic carbocycles. The van der Waals surface area contributed by atoms with Crippen LogP contribution >= 0.6 is 43.5 Å². The number of likely N-dealkylation sites (tertiary alicyclic amines) is 1. The van der Waals surface area contributed by atoms with Gasteiger partial charge in [0.05, 0.1) is 11.7 Å². The number of pyridine rings is 1. The van der Waals surface area contributed by atoms with E-state index in [1.165, 1.54) is 16.7 Å². The lowest BCUT2D eigenvalue weighted by Gasteiger charge is -2.40. The first-order valence-electron chi connectivity index (χ1n) is 9.68. The van der Waals surface area contributed by atoms with Gasteiger partial charge in [-0.05, 0) is 103 Å². The van der Waals surface area contributed by atoms with Crippen LogP contribution in [0.5, 0.6) is 0 Å². The Balaban J connectivity index is 1.86. The van der Waals surface area contributed by atoms with Gasteiger partial charge in [-0.25, -0.2) is 0 Å². The Morgan fingerprint density at radius 3 is 2.71 bits per heavy atom. The van der Waals surface area contributed by atoms with Crippen LogP contribution in [0.1, 0.15) is 48.1 Å². The largest absolute Gasteiger partial charge is 0.298 e. The van der Waals surface area contributed by atoms with E-state index in [4.69, 9.17) is 16.6 Å². The molecule has 0 spiro atoms. The van der Waals surface area contributed by atoms with Crippen molar-refractivity contribution in [3.8, 4) is 0 Å². The van der Waals surface area contributed by atoms with Gasteiger partial charge in [-0.15, -0.1) is 0 Å². The number of hydrogen-bond acceptors (Lipinski definition) is 3. The maximum Gasteiger partial charge on any atom is 0.146 e. The van der Waals surface area contributed by atoms with E-state index in [0.717, 1.165) is 51.9 Å². The predicted octanol–water partition coefficient (Wildman–Crippen LogP) is 5.79. The molecule has 2 heterocycles. The fourth-order valence-electron chi connectivity index (χ4n) is 4.92. The van der Waals surface area contributed by atoms with Gasteiger partial charge in [-0.3, -0.25) is 14.7 Å². The van der Waals surface area contributed by atoms with Crippen molar-refractivity contribution in [2.24, 2.45) is 5.92 Å². The third-order valence-corrected chi connectivity index (χ3v) is 7.58. The summed E-state index contributed by atoms with van der Waals surface area (Å²) in [5.74, 6) is 0.787. The molecule has 2 unspecified atom stereocenters. The standard InChI is InChI=1S/C22H23Br2ClN2O/c1-12(28)19-9-14(5-6-27(19)2)21-20-13(8-17(25)10-18(20)24)3-4-15-7-16(23)11-26-22(15)21/h7-8,10-11,14,19,21H,3-6,9H2,1-2H3/t14?,19-,21?/m1/s1. The highest BCUT2D eigenvalue weighted by atomic mass is 79.9. The van der Waals surface area contributed by atoms with E-state index in [0.29, 0.717) is 5.92 Å². The van der Waals surface area contributed by atoms with E-state index in [1.807, 2.05) is 12.3 Å². The molecule has 0 saturated carbocycles. The van der Waals surface area contributed by atoms with Crippen LogP contribution in [0.15, 0.2) is 33.3 Å². The summed E-state index contributed by atoms with van der Waals surface area (Å²) in [5, 5.41) is 0.759. The highest BCUT2D eigenvalue weighted by Crippen LogP contribution is 2.46. The number of carbonyl (C=O) groups excluding carboxylic acids is 1. The second-order valence-corrected chi connectivity index (χ2v) is 10.2. The zero-order chi connectivity index (χ0) is 20.0. The second kappa shape index (κ2) is 8.17. The van der Waals surface area contributed by atoms with Crippen molar-refractivity contribution < 1.29 is 4.79 Å². The van der Waals surface area contributed by atoms with Crippen LogP contribution in [0.2, 0.25) is 5.02 Å². The number of nitrogens with zero attached hydrogens (tertiary/aromatic N) is 2. The van der Waals surface area contributed by atoms with Crippen LogP contribution in [0.25, 0.3) is 0 Å². The van der Waals surface area contributed by atoms with Gasteiger partial charge in [0, 0.05) is 26.1 Å². The molecular formula is C22H23Br2ClN2O. The number of hydrogen-bond donors (Lipinski definition) is 0. The summed E-state index contributed by atoms with van der Waals surface area (Å²) in [7, 11) is 2.06. The summed E-state index contributed by atoms with van der Waals surface area (Å²) in [4.78, 5) is 19.3. The summed E-state index contributed by atoms with van der Waals surface area (Å²) in [6.07, 6.45) is 5.70. The number of ketones is 1. The number of likely N-dealkylation sites (N-methyl/N-ethyl adjacent to an activating group) is 1. The molecule has 0 N–H and O–H groups in total. The molecule has 3 nitrogen and oxygen atoms in total. The van der Waals surface area contributed by atoms with Gasteiger partial charge >= 0.3 is 0 Å². The smallest absolute Gasteiger partial charge is 0.146 e. The Morgan fingerprint density at radius 1 is 1.21 bits per heavy atom. The van der Waals surface area contributed by atoms with E-state index < -0.39 is 0 Å². The SMILES string of the molecule is CC(=O)[C@H]1CC(C2c3ncc(Br)cc3CCc3cc(Cl)cc(Br)c32)CCN1C. The molecule has 1 aliphatic heterocycles. The first-order chi connectivity index (χ1) is 13.3. The highest BCUT2D eigenvalue weighted by Gasteiger charge is 2.38. The minimum Gasteiger partial charge on any atom is -0.298 e. The Labute approximate surface area is 188 Å². The van der Waals surface area contributed by atoms with Gasteiger partial charge in [0.2, 0.25) is 0 Å². The van der Waals surface area contributed by atoms with Gasteiger partial charge in [0.1, 0.15) is 5.78 Å². The van der Waals surface area contributed by atoms with E-state index >= 15 is 0 Å². The minimum atomic E-state index is -0.0181. The number of piperidine rings is 1. The average Bonchev–Trinajstić information content (AvgIpc) is 2.79. The van der Waals surface area contributed by atoms with Crippen LogP contribution in [0, 0.1) is 5.92 Å². The molecule has 4 rings (SSSR count). The lowest BCUT2D eigenvalue weighted by atomic mass is 9.74. The van der Waals surface area contributed by atoms with Crippen molar-refractivity contribution in [3.05, 3.63) is 60.7 Å². The summed E-state index contributed by atoms with van der Waals surface area (Å²) < 4.78 is 2.06. The predicted molar refractivity (Wildman–Crippen MR) is 120 cm³/mol. The first kappa shape index (κ1) is 20.5. The molecule has 3 atom stereocenters. The summed E-state index contributed by atoms with van der Waals surface area (Å²) >= 11 is 13.8. The van der Waals surface area contributed by atoms with Gasteiger partial charge in [-0.2, -0.15) is 0 Å². The summed E-state index contributed by atoms with van der Waals surface area (Å²) in [6, 6.07) is 6.28. The van der Waals surface area contributed by atoms with Gasteiger partial charge in [-0.1, -0.05) is 27.5 Å². The molecule has 0 amide bonds. The maximum atomic E-state index is 12.3. The van der Waals surface area contributed by atoms with Crippen LogP contribution in [0.3, 0.4) is 0 Å². The fraction of sp³-hybridized carbons (Fsp3) is 0.455. The first-order valence-corrected chi connectivity index (χ1v) is 11.6. The molecule has 0 radical (unpaired) electrons. The zero-order valence-corrected chi connectivity index (χ0v) is 19.9. The van der Waals surface area contributed by atoms with E-state index in [1.54, 1.807) is 6.92 Å². The van der Waals surface area contributed by atoms with E-state index in [2.05, 4.69) is 55.9 Å². The third kappa shape index (κ3) is 3.83. The number of Topliss-reactive ketones (excluding diaryl/α,β-unsaturated/α-hetero) is 1. The molecule has 1 aliphatic carbocycles. The van der Waals surface area contributed by atoms with Crippen LogP contribution < -0.4 is 0 Å². The molecule has 2 aromatic rings. The Hall–Kier alpha value is -0.750. The van der Waals surface area contributed by atoms with Crippen molar-refractivity contribution in [1.82, 2.24) is 9.88 Å². The second-order valence-electron chi connectivity index (χ2n) is 8.03. The van der Waals surface area contributed by atoms with Gasteiger partial charge < -0.3 is 0 Å². The molecule has 1 saturated heterocycles. The van der Waals surface area contributed by atoms with Crippen molar-refractivity contribution in [1.29, 1.82) is 0 Å². The number of carbonyl (C=O) groups is 1. The monoisotopic (exact) mass is 524 g/mol. The van der Waals surface area contributed by atoms with E-state index in [-0.39, 0.29) is 17.7 Å². The minimum absolute atomic E-state index is 0.0181. The number of aryl methyl sites for hydroxylation is 2. The lowest BCUT2D eigenvalue weighted by Crippen LogP contribution is -2.45. The lowest BCUT2D eigenvalue weighted by molar-refractivity contribution is -0.123. The Morgan fingerprint density at radius 2 is 1.96 bits per heavy atom.